The Morgan fingerprint density at radius 1 is 0.850 bits per heavy atom. The standard InChI is InChI=1S/C12H18N4O4/c1-5-13-9-10(16(8(4)18)11(13)19)14(6-2)12(20)15(9)7(3)17/h9-10H,5-6H2,1-4H3. The highest BCUT2D eigenvalue weighted by Crippen LogP contribution is 2.34. The molecule has 0 aromatic carbocycles. The second-order valence-corrected chi connectivity index (χ2v) is 4.74. The van der Waals surface area contributed by atoms with E-state index in [9.17, 15) is 19.2 Å². The summed E-state index contributed by atoms with van der Waals surface area (Å²) < 4.78 is 0. The van der Waals surface area contributed by atoms with Crippen LogP contribution in [0, 0.1) is 0 Å². The molecule has 2 atom stereocenters. The van der Waals surface area contributed by atoms with Gasteiger partial charge in [-0.25, -0.2) is 19.4 Å². The van der Waals surface area contributed by atoms with Crippen molar-refractivity contribution >= 4 is 23.9 Å². The van der Waals surface area contributed by atoms with Crippen LogP contribution in [0.2, 0.25) is 0 Å². The zero-order valence-electron chi connectivity index (χ0n) is 12.0. The summed E-state index contributed by atoms with van der Waals surface area (Å²) in [6.45, 7) is 6.69. The lowest BCUT2D eigenvalue weighted by Gasteiger charge is -2.26. The highest BCUT2D eigenvalue weighted by Gasteiger charge is 2.60. The van der Waals surface area contributed by atoms with Gasteiger partial charge in [-0.2, -0.15) is 0 Å². The molecule has 0 aliphatic carbocycles. The van der Waals surface area contributed by atoms with Gasteiger partial charge in [-0.15, -0.1) is 0 Å². The maximum absolute atomic E-state index is 12.3. The van der Waals surface area contributed by atoms with E-state index in [1.807, 2.05) is 0 Å². The molecule has 20 heavy (non-hydrogen) atoms. The molecule has 0 N–H and O–H groups in total. The highest BCUT2D eigenvalue weighted by atomic mass is 16.2. The van der Waals surface area contributed by atoms with Crippen LogP contribution in [0.5, 0.6) is 0 Å². The quantitative estimate of drug-likeness (QED) is 0.727. The highest BCUT2D eigenvalue weighted by molar-refractivity contribution is 6.01. The number of likely N-dealkylation sites (N-methyl/N-ethyl adjacent to an activating group) is 2. The Hall–Kier alpha value is -2.12. The van der Waals surface area contributed by atoms with Crippen LogP contribution in [-0.2, 0) is 9.59 Å². The summed E-state index contributed by atoms with van der Waals surface area (Å²) in [5, 5.41) is 0. The number of hydrogen-bond donors (Lipinski definition) is 0. The van der Waals surface area contributed by atoms with Crippen molar-refractivity contribution in [1.82, 2.24) is 19.6 Å². The smallest absolute Gasteiger partial charge is 0.299 e. The van der Waals surface area contributed by atoms with Gasteiger partial charge in [-0.1, -0.05) is 0 Å². The van der Waals surface area contributed by atoms with E-state index < -0.39 is 36.2 Å². The molecule has 0 spiro atoms. The van der Waals surface area contributed by atoms with E-state index in [2.05, 4.69) is 0 Å². The van der Waals surface area contributed by atoms with E-state index >= 15 is 0 Å². The van der Waals surface area contributed by atoms with Crippen LogP contribution in [0.25, 0.3) is 0 Å². The van der Waals surface area contributed by atoms with Crippen molar-refractivity contribution in [1.29, 1.82) is 0 Å². The molecule has 2 aliphatic rings. The van der Waals surface area contributed by atoms with Crippen LogP contribution in [0.4, 0.5) is 9.59 Å². The fourth-order valence-corrected chi connectivity index (χ4v) is 2.88. The Bertz CT molecular complexity index is 448. The summed E-state index contributed by atoms with van der Waals surface area (Å²) >= 11 is 0. The molecule has 2 heterocycles. The van der Waals surface area contributed by atoms with Crippen molar-refractivity contribution in [2.24, 2.45) is 0 Å². The molecule has 8 heteroatoms. The van der Waals surface area contributed by atoms with E-state index in [4.69, 9.17) is 0 Å². The SMILES string of the molecule is CCN1C(=O)N(C(C)=O)C2C1N(C(C)=O)C(=O)N2CC. The van der Waals surface area contributed by atoms with Gasteiger partial charge in [0.15, 0.2) is 12.3 Å². The van der Waals surface area contributed by atoms with E-state index in [0.717, 1.165) is 9.80 Å². The molecule has 2 fully saturated rings. The second-order valence-electron chi connectivity index (χ2n) is 4.74. The van der Waals surface area contributed by atoms with E-state index in [1.165, 1.54) is 23.6 Å². The van der Waals surface area contributed by atoms with Crippen LogP contribution >= 0.6 is 0 Å². The number of fused-ring (bicyclic) bond motifs is 1. The number of nitrogens with zero attached hydrogens (tertiary/aromatic N) is 4. The van der Waals surface area contributed by atoms with Crippen LogP contribution in [0.1, 0.15) is 27.7 Å². The van der Waals surface area contributed by atoms with Gasteiger partial charge in [0.1, 0.15) is 0 Å². The number of hydrogen-bond acceptors (Lipinski definition) is 4. The molecule has 0 aromatic rings. The Labute approximate surface area is 116 Å². The van der Waals surface area contributed by atoms with Gasteiger partial charge in [-0.05, 0) is 13.8 Å². The van der Waals surface area contributed by atoms with Crippen LogP contribution in [0.3, 0.4) is 0 Å². The molecule has 2 saturated heterocycles. The van der Waals surface area contributed by atoms with Crippen LogP contribution < -0.4 is 0 Å². The van der Waals surface area contributed by atoms with Crippen molar-refractivity contribution in [2.75, 3.05) is 13.1 Å². The Balaban J connectivity index is 2.54. The molecule has 2 aliphatic heterocycles. The first kappa shape index (κ1) is 14.3. The molecule has 8 nitrogen and oxygen atoms in total. The molecular weight excluding hydrogens is 264 g/mol. The van der Waals surface area contributed by atoms with Crippen molar-refractivity contribution in [3.63, 3.8) is 0 Å². The first-order chi connectivity index (χ1) is 9.36. The number of amides is 6. The summed E-state index contributed by atoms with van der Waals surface area (Å²) in [5.74, 6) is -0.866. The average Bonchev–Trinajstić information content (AvgIpc) is 2.78. The molecule has 2 unspecified atom stereocenters. The third-order valence-corrected chi connectivity index (χ3v) is 3.70. The average molecular weight is 282 g/mol. The number of carbonyl (C=O) groups is 4. The number of rotatable bonds is 2. The number of carbonyl (C=O) groups excluding carboxylic acids is 4. The molecule has 0 radical (unpaired) electrons. The van der Waals surface area contributed by atoms with E-state index in [0.29, 0.717) is 13.1 Å². The lowest BCUT2D eigenvalue weighted by atomic mass is 10.3. The Morgan fingerprint density at radius 3 is 1.35 bits per heavy atom. The minimum atomic E-state index is -0.735. The summed E-state index contributed by atoms with van der Waals surface area (Å²) in [5.41, 5.74) is 0. The Morgan fingerprint density at radius 2 is 1.15 bits per heavy atom. The van der Waals surface area contributed by atoms with Gasteiger partial charge in [0.05, 0.1) is 0 Å². The number of urea groups is 2. The van der Waals surface area contributed by atoms with Gasteiger partial charge in [0.2, 0.25) is 11.8 Å². The van der Waals surface area contributed by atoms with Crippen molar-refractivity contribution < 1.29 is 19.2 Å². The fourth-order valence-electron chi connectivity index (χ4n) is 2.88. The first-order valence-corrected chi connectivity index (χ1v) is 6.57. The third-order valence-electron chi connectivity index (χ3n) is 3.70. The summed E-state index contributed by atoms with van der Waals surface area (Å²) in [7, 11) is 0. The molecule has 0 bridgehead atoms. The summed E-state index contributed by atoms with van der Waals surface area (Å²) in [4.78, 5) is 52.9. The minimum absolute atomic E-state index is 0.318. The predicted molar refractivity (Wildman–Crippen MR) is 68.2 cm³/mol. The largest absolute Gasteiger partial charge is 0.330 e. The van der Waals surface area contributed by atoms with Gasteiger partial charge in [0.25, 0.3) is 0 Å². The monoisotopic (exact) mass is 282 g/mol. The first-order valence-electron chi connectivity index (χ1n) is 6.57. The summed E-state index contributed by atoms with van der Waals surface area (Å²) in [6, 6.07) is -0.931. The van der Waals surface area contributed by atoms with Crippen molar-refractivity contribution in [3.05, 3.63) is 0 Å². The molecule has 110 valence electrons. The lowest BCUT2D eigenvalue weighted by Crippen LogP contribution is -2.48. The second kappa shape index (κ2) is 4.77. The third kappa shape index (κ3) is 1.67. The van der Waals surface area contributed by atoms with Gasteiger partial charge < -0.3 is 0 Å². The summed E-state index contributed by atoms with van der Waals surface area (Å²) in [6.07, 6.45) is -1.47. The van der Waals surface area contributed by atoms with Gasteiger partial charge in [0, 0.05) is 26.9 Å². The molecule has 0 saturated carbocycles. The molecule has 2 rings (SSSR count). The molecule has 6 amide bonds. The lowest BCUT2D eigenvalue weighted by molar-refractivity contribution is -0.131. The molecular formula is C12H18N4O4. The van der Waals surface area contributed by atoms with Crippen molar-refractivity contribution in [2.45, 2.75) is 40.0 Å². The van der Waals surface area contributed by atoms with Gasteiger partial charge in [-0.3, -0.25) is 19.4 Å². The van der Waals surface area contributed by atoms with Gasteiger partial charge >= 0.3 is 12.1 Å². The maximum atomic E-state index is 12.3. The fraction of sp³-hybridized carbons (Fsp3) is 0.667. The topological polar surface area (TPSA) is 81.2 Å². The maximum Gasteiger partial charge on any atom is 0.330 e. The van der Waals surface area contributed by atoms with Crippen LogP contribution in [0.15, 0.2) is 0 Å². The zero-order valence-corrected chi connectivity index (χ0v) is 12.0. The Kier molecular flexibility index (Phi) is 3.41. The van der Waals surface area contributed by atoms with Crippen LogP contribution in [-0.4, -0.2) is 68.9 Å². The zero-order chi connectivity index (χ0) is 15.2. The molecule has 0 aromatic heterocycles. The van der Waals surface area contributed by atoms with Crippen molar-refractivity contribution in [3.8, 4) is 0 Å². The number of imide groups is 2. The van der Waals surface area contributed by atoms with E-state index in [-0.39, 0.29) is 0 Å². The normalized spacial score (nSPS) is 25.6. The predicted octanol–water partition coefficient (Wildman–Crippen LogP) is 0.247. The van der Waals surface area contributed by atoms with E-state index in [1.54, 1.807) is 13.8 Å². The minimum Gasteiger partial charge on any atom is -0.299 e.